The quantitative estimate of drug-likeness (QED) is 0.875. The van der Waals surface area contributed by atoms with Crippen LogP contribution in [0, 0.1) is 5.92 Å². The Balaban J connectivity index is 1.74. The fourth-order valence-electron chi connectivity index (χ4n) is 2.41. The minimum Gasteiger partial charge on any atom is -0.354 e. The van der Waals surface area contributed by atoms with Gasteiger partial charge in [-0.1, -0.05) is 19.9 Å². The Morgan fingerprint density at radius 2 is 1.95 bits per heavy atom. The van der Waals surface area contributed by atoms with Crippen LogP contribution in [-0.2, 0) is 0 Å². The first-order chi connectivity index (χ1) is 9.16. The van der Waals surface area contributed by atoms with E-state index in [0.717, 1.165) is 45.0 Å². The van der Waals surface area contributed by atoms with E-state index in [-0.39, 0.29) is 0 Å². The lowest BCUT2D eigenvalue weighted by Gasteiger charge is -2.36. The molecule has 0 spiro atoms. The number of hydrogen-bond donors (Lipinski definition) is 1. The topological polar surface area (TPSA) is 45.4 Å². The Labute approximate surface area is 116 Å². The molecule has 0 amide bonds. The lowest BCUT2D eigenvalue weighted by atomic mass is 10.0. The summed E-state index contributed by atoms with van der Waals surface area (Å²) in [6, 6.07) is 6.43. The van der Waals surface area contributed by atoms with Gasteiger partial charge >= 0.3 is 0 Å². The van der Waals surface area contributed by atoms with E-state index in [9.17, 15) is 0 Å². The Bertz CT molecular complexity index is 358. The van der Waals surface area contributed by atoms with Gasteiger partial charge in [0.2, 0.25) is 0 Å². The lowest BCUT2D eigenvalue weighted by Crippen LogP contribution is -2.47. The standard InChI is InChI=1S/C15H26N4/c1-13(2)14(16)6-8-18-9-11-19(12-10-18)15-5-3-4-7-17-15/h3-5,7,13-14H,6,8-12,16H2,1-2H3. The fourth-order valence-corrected chi connectivity index (χ4v) is 2.41. The van der Waals surface area contributed by atoms with Crippen molar-refractivity contribution in [3.05, 3.63) is 24.4 Å². The first-order valence-corrected chi connectivity index (χ1v) is 7.30. The molecule has 1 fully saturated rings. The third kappa shape index (κ3) is 4.18. The van der Waals surface area contributed by atoms with Gasteiger partial charge in [0.1, 0.15) is 5.82 Å². The van der Waals surface area contributed by atoms with Crippen molar-refractivity contribution in [3.63, 3.8) is 0 Å². The zero-order valence-corrected chi connectivity index (χ0v) is 12.1. The van der Waals surface area contributed by atoms with Crippen LogP contribution < -0.4 is 10.6 Å². The third-order valence-corrected chi connectivity index (χ3v) is 3.98. The third-order valence-electron chi connectivity index (χ3n) is 3.98. The van der Waals surface area contributed by atoms with Gasteiger partial charge in [-0.3, -0.25) is 4.90 Å². The van der Waals surface area contributed by atoms with Gasteiger partial charge < -0.3 is 10.6 Å². The second-order valence-corrected chi connectivity index (χ2v) is 5.71. The highest BCUT2D eigenvalue weighted by molar-refractivity contribution is 5.38. The highest BCUT2D eigenvalue weighted by atomic mass is 15.3. The van der Waals surface area contributed by atoms with Crippen LogP contribution in [-0.4, -0.2) is 48.6 Å². The highest BCUT2D eigenvalue weighted by Gasteiger charge is 2.18. The molecular formula is C15H26N4. The second-order valence-electron chi connectivity index (χ2n) is 5.71. The molecule has 1 saturated heterocycles. The van der Waals surface area contributed by atoms with E-state index < -0.39 is 0 Å². The molecule has 0 saturated carbocycles. The van der Waals surface area contributed by atoms with Gasteiger partial charge in [-0.05, 0) is 31.0 Å². The van der Waals surface area contributed by atoms with Crippen LogP contribution >= 0.6 is 0 Å². The molecule has 2 rings (SSSR count). The predicted molar refractivity (Wildman–Crippen MR) is 80.3 cm³/mol. The molecular weight excluding hydrogens is 236 g/mol. The molecule has 1 atom stereocenters. The number of hydrogen-bond acceptors (Lipinski definition) is 4. The van der Waals surface area contributed by atoms with E-state index in [4.69, 9.17) is 5.73 Å². The summed E-state index contributed by atoms with van der Waals surface area (Å²) in [5.74, 6) is 1.68. The van der Waals surface area contributed by atoms with Crippen molar-refractivity contribution in [2.75, 3.05) is 37.6 Å². The van der Waals surface area contributed by atoms with Gasteiger partial charge in [0.25, 0.3) is 0 Å². The number of pyridine rings is 1. The summed E-state index contributed by atoms with van der Waals surface area (Å²) in [5.41, 5.74) is 6.10. The van der Waals surface area contributed by atoms with Gasteiger partial charge in [-0.25, -0.2) is 4.98 Å². The normalized spacial score (nSPS) is 18.8. The molecule has 106 valence electrons. The summed E-state index contributed by atoms with van der Waals surface area (Å²) in [5, 5.41) is 0. The highest BCUT2D eigenvalue weighted by Crippen LogP contribution is 2.13. The summed E-state index contributed by atoms with van der Waals surface area (Å²) in [6.45, 7) is 9.87. The minimum absolute atomic E-state index is 0.328. The van der Waals surface area contributed by atoms with Gasteiger partial charge in [0.15, 0.2) is 0 Å². The van der Waals surface area contributed by atoms with E-state index in [1.807, 2.05) is 12.3 Å². The average Bonchev–Trinajstić information content (AvgIpc) is 2.46. The monoisotopic (exact) mass is 262 g/mol. The SMILES string of the molecule is CC(C)C(N)CCN1CCN(c2ccccn2)CC1. The molecule has 1 aliphatic heterocycles. The molecule has 0 aromatic carbocycles. The van der Waals surface area contributed by atoms with Crippen molar-refractivity contribution in [2.24, 2.45) is 11.7 Å². The van der Waals surface area contributed by atoms with Crippen LogP contribution in [0.25, 0.3) is 0 Å². The summed E-state index contributed by atoms with van der Waals surface area (Å²) < 4.78 is 0. The number of aromatic nitrogens is 1. The minimum atomic E-state index is 0.328. The van der Waals surface area contributed by atoms with E-state index in [2.05, 4.69) is 40.8 Å². The van der Waals surface area contributed by atoms with E-state index in [1.165, 1.54) is 0 Å². The maximum absolute atomic E-state index is 6.10. The van der Waals surface area contributed by atoms with E-state index in [1.54, 1.807) is 0 Å². The maximum Gasteiger partial charge on any atom is 0.128 e. The average molecular weight is 262 g/mol. The van der Waals surface area contributed by atoms with E-state index >= 15 is 0 Å². The predicted octanol–water partition coefficient (Wildman–Crippen LogP) is 1.58. The zero-order valence-electron chi connectivity index (χ0n) is 12.1. The number of rotatable bonds is 5. The Morgan fingerprint density at radius 1 is 1.21 bits per heavy atom. The fraction of sp³-hybridized carbons (Fsp3) is 0.667. The molecule has 1 aromatic rings. The van der Waals surface area contributed by atoms with Gasteiger partial charge in [0, 0.05) is 38.4 Å². The number of nitrogens with two attached hydrogens (primary N) is 1. The van der Waals surface area contributed by atoms with Crippen LogP contribution in [0.4, 0.5) is 5.82 Å². The molecule has 1 aromatic heterocycles. The summed E-state index contributed by atoms with van der Waals surface area (Å²) in [4.78, 5) is 9.29. The van der Waals surface area contributed by atoms with Crippen molar-refractivity contribution in [1.82, 2.24) is 9.88 Å². The smallest absolute Gasteiger partial charge is 0.128 e. The Morgan fingerprint density at radius 3 is 2.53 bits per heavy atom. The Kier molecular flexibility index (Phi) is 5.16. The second kappa shape index (κ2) is 6.87. The molecule has 0 bridgehead atoms. The molecule has 1 unspecified atom stereocenters. The largest absolute Gasteiger partial charge is 0.354 e. The summed E-state index contributed by atoms with van der Waals surface area (Å²) in [7, 11) is 0. The zero-order chi connectivity index (χ0) is 13.7. The first kappa shape index (κ1) is 14.3. The maximum atomic E-state index is 6.10. The molecule has 0 radical (unpaired) electrons. The molecule has 4 heteroatoms. The molecule has 2 heterocycles. The van der Waals surface area contributed by atoms with Crippen molar-refractivity contribution in [2.45, 2.75) is 26.3 Å². The van der Waals surface area contributed by atoms with E-state index in [0.29, 0.717) is 12.0 Å². The number of nitrogens with zero attached hydrogens (tertiary/aromatic N) is 3. The number of anilines is 1. The number of piperazine rings is 1. The van der Waals surface area contributed by atoms with Crippen molar-refractivity contribution >= 4 is 5.82 Å². The van der Waals surface area contributed by atoms with Gasteiger partial charge in [-0.2, -0.15) is 0 Å². The lowest BCUT2D eigenvalue weighted by molar-refractivity contribution is 0.240. The molecule has 1 aliphatic rings. The van der Waals surface area contributed by atoms with Crippen LogP contribution in [0.2, 0.25) is 0 Å². The summed E-state index contributed by atoms with van der Waals surface area (Å²) >= 11 is 0. The van der Waals surface area contributed by atoms with Gasteiger partial charge in [-0.15, -0.1) is 0 Å². The molecule has 0 aliphatic carbocycles. The van der Waals surface area contributed by atoms with Crippen LogP contribution in [0.15, 0.2) is 24.4 Å². The Hall–Kier alpha value is -1.13. The molecule has 4 nitrogen and oxygen atoms in total. The summed E-state index contributed by atoms with van der Waals surface area (Å²) in [6.07, 6.45) is 2.96. The van der Waals surface area contributed by atoms with Crippen molar-refractivity contribution < 1.29 is 0 Å². The van der Waals surface area contributed by atoms with Crippen molar-refractivity contribution in [3.8, 4) is 0 Å². The molecule has 19 heavy (non-hydrogen) atoms. The first-order valence-electron chi connectivity index (χ1n) is 7.30. The van der Waals surface area contributed by atoms with Gasteiger partial charge in [0.05, 0.1) is 0 Å². The van der Waals surface area contributed by atoms with Crippen LogP contribution in [0.5, 0.6) is 0 Å². The van der Waals surface area contributed by atoms with Crippen molar-refractivity contribution in [1.29, 1.82) is 0 Å². The van der Waals surface area contributed by atoms with Crippen LogP contribution in [0.1, 0.15) is 20.3 Å². The van der Waals surface area contributed by atoms with Crippen LogP contribution in [0.3, 0.4) is 0 Å². The molecule has 2 N–H and O–H groups in total.